The zero-order valence-electron chi connectivity index (χ0n) is 12.5. The number of likely N-dealkylation sites (tertiary alicyclic amines) is 1. The molecule has 5 nitrogen and oxygen atoms in total. The van der Waals surface area contributed by atoms with Crippen LogP contribution in [0.1, 0.15) is 42.5 Å². The molecule has 1 amide bonds. The molecule has 0 radical (unpaired) electrons. The zero-order valence-corrected chi connectivity index (χ0v) is 13.3. The van der Waals surface area contributed by atoms with Crippen molar-refractivity contribution in [3.63, 3.8) is 0 Å². The highest BCUT2D eigenvalue weighted by Crippen LogP contribution is 2.19. The predicted molar refractivity (Wildman–Crippen MR) is 85.8 cm³/mol. The average molecular weight is 325 g/mol. The number of nitrogens with two attached hydrogens (primary N) is 1. The van der Waals surface area contributed by atoms with Crippen LogP contribution >= 0.6 is 11.6 Å². The van der Waals surface area contributed by atoms with Crippen molar-refractivity contribution in [1.29, 1.82) is 0 Å². The van der Waals surface area contributed by atoms with Gasteiger partial charge in [-0.1, -0.05) is 30.9 Å². The standard InChI is InChI=1S/C16H21ClN2O3/c17-12-6-7-13(14(18)10-12)16(21)22-11-15(20)19-8-4-2-1-3-5-9-19/h6-7,10H,1-5,8-9,11,18H2. The number of halogens is 1. The second-order valence-electron chi connectivity index (χ2n) is 5.46. The lowest BCUT2D eigenvalue weighted by atomic mass is 10.1. The van der Waals surface area contributed by atoms with Gasteiger partial charge in [-0.05, 0) is 31.0 Å². The molecule has 0 bridgehead atoms. The van der Waals surface area contributed by atoms with E-state index < -0.39 is 5.97 Å². The largest absolute Gasteiger partial charge is 0.452 e. The highest BCUT2D eigenvalue weighted by molar-refractivity contribution is 6.31. The lowest BCUT2D eigenvalue weighted by Crippen LogP contribution is -2.37. The fourth-order valence-electron chi connectivity index (χ4n) is 2.51. The molecule has 1 aromatic carbocycles. The minimum absolute atomic E-state index is 0.150. The molecular formula is C16H21ClN2O3. The quantitative estimate of drug-likeness (QED) is 0.685. The Morgan fingerprint density at radius 1 is 1.14 bits per heavy atom. The van der Waals surface area contributed by atoms with E-state index in [-0.39, 0.29) is 23.8 Å². The molecule has 2 rings (SSSR count). The van der Waals surface area contributed by atoms with Gasteiger partial charge in [0.25, 0.3) is 5.91 Å². The van der Waals surface area contributed by atoms with Crippen molar-refractivity contribution < 1.29 is 14.3 Å². The molecule has 0 atom stereocenters. The number of carbonyl (C=O) groups excluding carboxylic acids is 2. The Hall–Kier alpha value is -1.75. The number of esters is 1. The number of rotatable bonds is 3. The highest BCUT2D eigenvalue weighted by Gasteiger charge is 2.18. The number of nitrogens with zero attached hydrogens (tertiary/aromatic N) is 1. The Morgan fingerprint density at radius 3 is 2.41 bits per heavy atom. The number of anilines is 1. The molecule has 1 heterocycles. The van der Waals surface area contributed by atoms with Gasteiger partial charge < -0.3 is 15.4 Å². The number of ether oxygens (including phenoxy) is 1. The van der Waals surface area contributed by atoms with Crippen LogP contribution in [0.2, 0.25) is 5.02 Å². The summed E-state index contributed by atoms with van der Waals surface area (Å²) in [5.41, 5.74) is 6.20. The third kappa shape index (κ3) is 4.63. The second kappa shape index (κ2) is 8.03. The van der Waals surface area contributed by atoms with Crippen LogP contribution in [0.15, 0.2) is 18.2 Å². The van der Waals surface area contributed by atoms with E-state index in [1.165, 1.54) is 18.6 Å². The van der Waals surface area contributed by atoms with Crippen LogP contribution in [-0.4, -0.2) is 36.5 Å². The van der Waals surface area contributed by atoms with E-state index in [0.717, 1.165) is 38.8 Å². The maximum atomic E-state index is 12.1. The first-order valence-corrected chi connectivity index (χ1v) is 7.95. The van der Waals surface area contributed by atoms with Crippen LogP contribution in [0.3, 0.4) is 0 Å². The number of nitrogen functional groups attached to an aromatic ring is 1. The molecule has 2 N–H and O–H groups in total. The van der Waals surface area contributed by atoms with Gasteiger partial charge in [0.1, 0.15) is 0 Å². The van der Waals surface area contributed by atoms with Crippen molar-refractivity contribution in [3.05, 3.63) is 28.8 Å². The number of carbonyl (C=O) groups is 2. The SMILES string of the molecule is Nc1cc(Cl)ccc1C(=O)OCC(=O)N1CCCCCCC1. The Balaban J connectivity index is 1.88. The van der Waals surface area contributed by atoms with E-state index in [1.54, 1.807) is 11.0 Å². The average Bonchev–Trinajstić information content (AvgIpc) is 2.44. The first kappa shape index (κ1) is 16.6. The predicted octanol–water partition coefficient (Wildman–Crippen LogP) is 2.87. The molecule has 0 aliphatic carbocycles. The van der Waals surface area contributed by atoms with Gasteiger partial charge in [0.15, 0.2) is 6.61 Å². The first-order valence-electron chi connectivity index (χ1n) is 7.58. The van der Waals surface area contributed by atoms with E-state index >= 15 is 0 Å². The highest BCUT2D eigenvalue weighted by atomic mass is 35.5. The van der Waals surface area contributed by atoms with Gasteiger partial charge in [0.05, 0.1) is 5.56 Å². The van der Waals surface area contributed by atoms with Gasteiger partial charge in [-0.25, -0.2) is 4.79 Å². The van der Waals surface area contributed by atoms with E-state index in [4.69, 9.17) is 22.1 Å². The molecule has 1 aromatic rings. The fraction of sp³-hybridized carbons (Fsp3) is 0.500. The maximum absolute atomic E-state index is 12.1. The topological polar surface area (TPSA) is 72.6 Å². The molecule has 1 saturated heterocycles. The summed E-state index contributed by atoms with van der Waals surface area (Å²) in [6.07, 6.45) is 5.52. The normalized spacial score (nSPS) is 15.8. The first-order chi connectivity index (χ1) is 10.6. The summed E-state index contributed by atoms with van der Waals surface area (Å²) in [7, 11) is 0. The molecule has 0 unspecified atom stereocenters. The molecule has 1 aliphatic rings. The Bertz CT molecular complexity index is 540. The minimum Gasteiger partial charge on any atom is -0.452 e. The Morgan fingerprint density at radius 2 is 1.77 bits per heavy atom. The lowest BCUT2D eigenvalue weighted by Gasteiger charge is -2.24. The third-order valence-corrected chi connectivity index (χ3v) is 4.00. The number of amides is 1. The van der Waals surface area contributed by atoms with E-state index in [2.05, 4.69) is 0 Å². The van der Waals surface area contributed by atoms with Gasteiger partial charge in [-0.15, -0.1) is 0 Å². The van der Waals surface area contributed by atoms with Crippen LogP contribution in [-0.2, 0) is 9.53 Å². The molecule has 1 aliphatic heterocycles. The molecule has 6 heteroatoms. The van der Waals surface area contributed by atoms with E-state index in [1.807, 2.05) is 0 Å². The summed E-state index contributed by atoms with van der Waals surface area (Å²) in [6, 6.07) is 4.55. The molecule has 1 fully saturated rings. The summed E-state index contributed by atoms with van der Waals surface area (Å²) >= 11 is 5.79. The third-order valence-electron chi connectivity index (χ3n) is 3.77. The molecule has 22 heavy (non-hydrogen) atoms. The minimum atomic E-state index is -0.602. The number of benzene rings is 1. The molecule has 0 saturated carbocycles. The van der Waals surface area contributed by atoms with Crippen molar-refractivity contribution in [2.45, 2.75) is 32.1 Å². The summed E-state index contributed by atoms with van der Waals surface area (Å²) in [5, 5.41) is 0.450. The monoisotopic (exact) mass is 324 g/mol. The van der Waals surface area contributed by atoms with Crippen molar-refractivity contribution in [3.8, 4) is 0 Å². The maximum Gasteiger partial charge on any atom is 0.340 e. The number of hydrogen-bond acceptors (Lipinski definition) is 4. The summed E-state index contributed by atoms with van der Waals surface area (Å²) in [6.45, 7) is 1.22. The molecule has 0 spiro atoms. The smallest absolute Gasteiger partial charge is 0.340 e. The van der Waals surface area contributed by atoms with Crippen molar-refractivity contribution >= 4 is 29.2 Å². The van der Waals surface area contributed by atoms with Gasteiger partial charge in [0, 0.05) is 23.8 Å². The summed E-state index contributed by atoms with van der Waals surface area (Å²) in [4.78, 5) is 25.9. The number of hydrogen-bond donors (Lipinski definition) is 1. The van der Waals surface area contributed by atoms with Crippen LogP contribution in [0.25, 0.3) is 0 Å². The fourth-order valence-corrected chi connectivity index (χ4v) is 2.69. The van der Waals surface area contributed by atoms with Crippen LogP contribution in [0.4, 0.5) is 5.69 Å². The van der Waals surface area contributed by atoms with Crippen molar-refractivity contribution in [1.82, 2.24) is 4.90 Å². The van der Waals surface area contributed by atoms with Crippen LogP contribution in [0, 0.1) is 0 Å². The Kier molecular flexibility index (Phi) is 6.07. The van der Waals surface area contributed by atoms with Crippen LogP contribution < -0.4 is 5.73 Å². The molecular weight excluding hydrogens is 304 g/mol. The van der Waals surface area contributed by atoms with Crippen molar-refractivity contribution in [2.75, 3.05) is 25.4 Å². The lowest BCUT2D eigenvalue weighted by molar-refractivity contribution is -0.134. The Labute approximate surface area is 135 Å². The van der Waals surface area contributed by atoms with E-state index in [0.29, 0.717) is 5.02 Å². The van der Waals surface area contributed by atoms with Crippen molar-refractivity contribution in [2.24, 2.45) is 0 Å². The van der Waals surface area contributed by atoms with Gasteiger partial charge in [-0.2, -0.15) is 0 Å². The van der Waals surface area contributed by atoms with Gasteiger partial charge >= 0.3 is 5.97 Å². The second-order valence-corrected chi connectivity index (χ2v) is 5.89. The van der Waals surface area contributed by atoms with Crippen LogP contribution in [0.5, 0.6) is 0 Å². The summed E-state index contributed by atoms with van der Waals surface area (Å²) < 4.78 is 5.08. The van der Waals surface area contributed by atoms with Gasteiger partial charge in [-0.3, -0.25) is 4.79 Å². The van der Waals surface area contributed by atoms with Gasteiger partial charge in [0.2, 0.25) is 0 Å². The zero-order chi connectivity index (χ0) is 15.9. The van der Waals surface area contributed by atoms with E-state index in [9.17, 15) is 9.59 Å². The molecule has 0 aromatic heterocycles. The summed E-state index contributed by atoms with van der Waals surface area (Å²) in [5.74, 6) is -0.752. The molecule has 120 valence electrons.